The standard InChI is InChI=1S/C18H18ClNO4/c1-3-15(24-16-10-5-4-9-14(16)19)17(21)20-13-8-6-7-12(11-13)18(22)23-2/h4-11,15H,3H2,1-2H3,(H,20,21). The fourth-order valence-electron chi connectivity index (χ4n) is 2.08. The predicted molar refractivity (Wildman–Crippen MR) is 92.6 cm³/mol. The molecule has 1 N–H and O–H groups in total. The van der Waals surface area contributed by atoms with E-state index in [4.69, 9.17) is 16.3 Å². The van der Waals surface area contributed by atoms with Gasteiger partial charge >= 0.3 is 5.97 Å². The van der Waals surface area contributed by atoms with Crippen LogP contribution < -0.4 is 10.1 Å². The number of ether oxygens (including phenoxy) is 2. The first-order valence-electron chi connectivity index (χ1n) is 7.45. The van der Waals surface area contributed by atoms with Gasteiger partial charge in [0.25, 0.3) is 5.91 Å². The van der Waals surface area contributed by atoms with Gasteiger partial charge in [0.05, 0.1) is 17.7 Å². The fourth-order valence-corrected chi connectivity index (χ4v) is 2.26. The Balaban J connectivity index is 2.09. The van der Waals surface area contributed by atoms with E-state index < -0.39 is 12.1 Å². The van der Waals surface area contributed by atoms with Gasteiger partial charge in [-0.25, -0.2) is 4.79 Å². The minimum atomic E-state index is -0.702. The van der Waals surface area contributed by atoms with Crippen LogP contribution in [-0.4, -0.2) is 25.1 Å². The molecule has 6 heteroatoms. The Bertz CT molecular complexity index is 732. The van der Waals surface area contributed by atoms with Gasteiger partial charge in [-0.2, -0.15) is 0 Å². The van der Waals surface area contributed by atoms with Gasteiger partial charge in [0.2, 0.25) is 0 Å². The maximum Gasteiger partial charge on any atom is 0.337 e. The number of nitrogens with one attached hydrogen (secondary N) is 1. The highest BCUT2D eigenvalue weighted by Gasteiger charge is 2.20. The number of anilines is 1. The number of carbonyl (C=O) groups is 2. The van der Waals surface area contributed by atoms with Crippen molar-refractivity contribution in [2.45, 2.75) is 19.4 Å². The van der Waals surface area contributed by atoms with Crippen molar-refractivity contribution in [2.75, 3.05) is 12.4 Å². The highest BCUT2D eigenvalue weighted by atomic mass is 35.5. The van der Waals surface area contributed by atoms with Crippen molar-refractivity contribution in [1.29, 1.82) is 0 Å². The van der Waals surface area contributed by atoms with Crippen LogP contribution in [0.3, 0.4) is 0 Å². The molecule has 24 heavy (non-hydrogen) atoms. The molecule has 0 saturated heterocycles. The van der Waals surface area contributed by atoms with E-state index in [0.717, 1.165) is 0 Å². The lowest BCUT2D eigenvalue weighted by molar-refractivity contribution is -0.122. The number of methoxy groups -OCH3 is 1. The summed E-state index contributed by atoms with van der Waals surface area (Å²) < 4.78 is 10.4. The quantitative estimate of drug-likeness (QED) is 0.804. The summed E-state index contributed by atoms with van der Waals surface area (Å²) >= 11 is 6.05. The zero-order chi connectivity index (χ0) is 17.5. The van der Waals surface area contributed by atoms with Gasteiger partial charge in [0.1, 0.15) is 5.75 Å². The third-order valence-corrected chi connectivity index (χ3v) is 3.63. The Morgan fingerprint density at radius 1 is 1.17 bits per heavy atom. The maximum atomic E-state index is 12.4. The number of amides is 1. The summed E-state index contributed by atoms with van der Waals surface area (Å²) in [5, 5.41) is 3.18. The van der Waals surface area contributed by atoms with Crippen LogP contribution in [-0.2, 0) is 9.53 Å². The van der Waals surface area contributed by atoms with E-state index in [1.54, 1.807) is 48.5 Å². The molecule has 2 aromatic carbocycles. The van der Waals surface area contributed by atoms with Crippen molar-refractivity contribution in [3.63, 3.8) is 0 Å². The van der Waals surface area contributed by atoms with Crippen molar-refractivity contribution >= 4 is 29.2 Å². The number of benzene rings is 2. The molecule has 1 unspecified atom stereocenters. The Morgan fingerprint density at radius 2 is 1.92 bits per heavy atom. The fraction of sp³-hybridized carbons (Fsp3) is 0.222. The molecule has 1 atom stereocenters. The molecular formula is C18H18ClNO4. The smallest absolute Gasteiger partial charge is 0.337 e. The monoisotopic (exact) mass is 347 g/mol. The maximum absolute atomic E-state index is 12.4. The van der Waals surface area contributed by atoms with E-state index in [1.807, 2.05) is 6.92 Å². The summed E-state index contributed by atoms with van der Waals surface area (Å²) in [6.45, 7) is 1.84. The number of rotatable bonds is 6. The Labute approximate surface area is 145 Å². The van der Waals surface area contributed by atoms with Gasteiger partial charge in [0, 0.05) is 5.69 Å². The van der Waals surface area contributed by atoms with Crippen molar-refractivity contribution in [3.05, 3.63) is 59.1 Å². The molecule has 1 amide bonds. The normalized spacial score (nSPS) is 11.5. The second kappa shape index (κ2) is 8.36. The van der Waals surface area contributed by atoms with E-state index in [0.29, 0.717) is 28.4 Å². The molecule has 5 nitrogen and oxygen atoms in total. The van der Waals surface area contributed by atoms with Crippen LogP contribution in [0.2, 0.25) is 5.02 Å². The van der Waals surface area contributed by atoms with Crippen LogP contribution in [0.5, 0.6) is 5.75 Å². The van der Waals surface area contributed by atoms with Crippen LogP contribution in [0, 0.1) is 0 Å². The van der Waals surface area contributed by atoms with Crippen LogP contribution >= 0.6 is 11.6 Å². The molecule has 0 aliphatic heterocycles. The first kappa shape index (κ1) is 17.8. The summed E-state index contributed by atoms with van der Waals surface area (Å²) in [6, 6.07) is 13.5. The molecule has 0 aliphatic carbocycles. The van der Waals surface area contributed by atoms with E-state index in [2.05, 4.69) is 10.1 Å². The molecule has 0 saturated carbocycles. The summed E-state index contributed by atoms with van der Waals surface area (Å²) in [5.74, 6) is -0.339. The molecule has 0 aromatic heterocycles. The molecule has 0 fully saturated rings. The number of para-hydroxylation sites is 1. The number of halogens is 1. The Morgan fingerprint density at radius 3 is 2.58 bits per heavy atom. The molecule has 0 aliphatic rings. The number of hydrogen-bond acceptors (Lipinski definition) is 4. The number of hydrogen-bond donors (Lipinski definition) is 1. The summed E-state index contributed by atoms with van der Waals surface area (Å²) in [7, 11) is 1.30. The number of esters is 1. The van der Waals surface area contributed by atoms with Crippen molar-refractivity contribution < 1.29 is 19.1 Å². The van der Waals surface area contributed by atoms with E-state index >= 15 is 0 Å². The van der Waals surface area contributed by atoms with Crippen molar-refractivity contribution in [1.82, 2.24) is 0 Å². The molecule has 0 radical (unpaired) electrons. The molecule has 0 bridgehead atoms. The molecule has 126 valence electrons. The van der Waals surface area contributed by atoms with Gasteiger partial charge in [0.15, 0.2) is 6.10 Å². The van der Waals surface area contributed by atoms with E-state index in [1.165, 1.54) is 7.11 Å². The van der Waals surface area contributed by atoms with E-state index in [-0.39, 0.29) is 5.91 Å². The molecule has 2 rings (SSSR count). The first-order chi connectivity index (χ1) is 11.5. The van der Waals surface area contributed by atoms with Crippen LogP contribution in [0.15, 0.2) is 48.5 Å². The lowest BCUT2D eigenvalue weighted by atomic mass is 10.2. The predicted octanol–water partition coefficient (Wildman–Crippen LogP) is 3.92. The van der Waals surface area contributed by atoms with Crippen LogP contribution in [0.1, 0.15) is 23.7 Å². The van der Waals surface area contributed by atoms with Gasteiger partial charge in [-0.3, -0.25) is 4.79 Å². The summed E-state index contributed by atoms with van der Waals surface area (Å²) in [4.78, 5) is 24.0. The Kier molecular flexibility index (Phi) is 6.21. The van der Waals surface area contributed by atoms with Crippen molar-refractivity contribution in [3.8, 4) is 5.75 Å². The van der Waals surface area contributed by atoms with Crippen LogP contribution in [0.4, 0.5) is 5.69 Å². The van der Waals surface area contributed by atoms with Gasteiger partial charge in [-0.05, 0) is 36.8 Å². The summed E-state index contributed by atoms with van der Waals surface area (Å²) in [6.07, 6.45) is -0.236. The lowest BCUT2D eigenvalue weighted by Gasteiger charge is -2.18. The Hall–Kier alpha value is -2.53. The zero-order valence-electron chi connectivity index (χ0n) is 13.4. The minimum absolute atomic E-state index is 0.320. The zero-order valence-corrected chi connectivity index (χ0v) is 14.2. The second-order valence-electron chi connectivity index (χ2n) is 5.01. The highest BCUT2D eigenvalue weighted by Crippen LogP contribution is 2.25. The summed E-state index contributed by atoms with van der Waals surface area (Å²) in [5.41, 5.74) is 0.847. The second-order valence-corrected chi connectivity index (χ2v) is 5.41. The molecular weight excluding hydrogens is 330 g/mol. The topological polar surface area (TPSA) is 64.6 Å². The van der Waals surface area contributed by atoms with Crippen LogP contribution in [0.25, 0.3) is 0 Å². The molecule has 0 heterocycles. The number of carbonyl (C=O) groups excluding carboxylic acids is 2. The van der Waals surface area contributed by atoms with Crippen molar-refractivity contribution in [2.24, 2.45) is 0 Å². The van der Waals surface area contributed by atoms with Gasteiger partial charge < -0.3 is 14.8 Å². The molecule has 0 spiro atoms. The first-order valence-corrected chi connectivity index (χ1v) is 7.83. The largest absolute Gasteiger partial charge is 0.479 e. The SMILES string of the molecule is CCC(Oc1ccccc1Cl)C(=O)Nc1cccc(C(=O)OC)c1. The average molecular weight is 348 g/mol. The minimum Gasteiger partial charge on any atom is -0.479 e. The average Bonchev–Trinajstić information content (AvgIpc) is 2.60. The third kappa shape index (κ3) is 4.49. The molecule has 2 aromatic rings. The lowest BCUT2D eigenvalue weighted by Crippen LogP contribution is -2.32. The van der Waals surface area contributed by atoms with Gasteiger partial charge in [-0.1, -0.05) is 36.7 Å². The van der Waals surface area contributed by atoms with E-state index in [9.17, 15) is 9.59 Å². The third-order valence-electron chi connectivity index (χ3n) is 3.32. The highest BCUT2D eigenvalue weighted by molar-refractivity contribution is 6.32. The van der Waals surface area contributed by atoms with Gasteiger partial charge in [-0.15, -0.1) is 0 Å².